The van der Waals surface area contributed by atoms with Crippen LogP contribution in [0.1, 0.15) is 18.1 Å². The molecule has 0 aliphatic heterocycles. The van der Waals surface area contributed by atoms with Crippen molar-refractivity contribution in [2.24, 2.45) is 0 Å². The topological polar surface area (TPSA) is 9.23 Å². The summed E-state index contributed by atoms with van der Waals surface area (Å²) in [6.07, 6.45) is -4.64. The van der Waals surface area contributed by atoms with Crippen LogP contribution in [0, 0.1) is 5.82 Å². The van der Waals surface area contributed by atoms with Crippen LogP contribution in [0.15, 0.2) is 18.7 Å². The minimum Gasteiger partial charge on any atom is -0.496 e. The van der Waals surface area contributed by atoms with Gasteiger partial charge in [-0.3, -0.25) is 0 Å². The van der Waals surface area contributed by atoms with Gasteiger partial charge in [-0.25, -0.2) is 4.39 Å². The molecule has 1 aromatic carbocycles. The number of halogens is 4. The summed E-state index contributed by atoms with van der Waals surface area (Å²) in [5, 5.41) is 0. The lowest BCUT2D eigenvalue weighted by Gasteiger charge is -2.16. The average Bonchev–Trinajstić information content (AvgIpc) is 2.14. The molecule has 5 heteroatoms. The molecule has 0 atom stereocenters. The summed E-state index contributed by atoms with van der Waals surface area (Å²) < 4.78 is 55.6. The Bertz CT molecular complexity index is 421. The summed E-state index contributed by atoms with van der Waals surface area (Å²) in [7, 11) is 1.18. The van der Waals surface area contributed by atoms with Gasteiger partial charge in [0.25, 0.3) is 0 Å². The Morgan fingerprint density at radius 2 is 1.88 bits per heavy atom. The summed E-state index contributed by atoms with van der Waals surface area (Å²) >= 11 is 0. The normalized spacial score (nSPS) is 11.4. The van der Waals surface area contributed by atoms with Crippen molar-refractivity contribution in [3.63, 3.8) is 0 Å². The standard InChI is InChI=1S/C11H10F4O/c1-6(2)10-8(11(13,14)15)4-7(12)5-9(10)16-3/h4-5H,1H2,2-3H3. The number of methoxy groups -OCH3 is 1. The number of alkyl halides is 3. The highest BCUT2D eigenvalue weighted by Gasteiger charge is 2.35. The smallest absolute Gasteiger partial charge is 0.417 e. The van der Waals surface area contributed by atoms with Gasteiger partial charge >= 0.3 is 6.18 Å². The molecule has 16 heavy (non-hydrogen) atoms. The Morgan fingerprint density at radius 3 is 2.25 bits per heavy atom. The maximum absolute atomic E-state index is 13.0. The Hall–Kier alpha value is -1.52. The van der Waals surface area contributed by atoms with Crippen LogP contribution in [0.5, 0.6) is 5.75 Å². The molecule has 0 saturated carbocycles. The molecule has 0 aliphatic carbocycles. The fraction of sp³-hybridized carbons (Fsp3) is 0.273. The lowest BCUT2D eigenvalue weighted by molar-refractivity contribution is -0.138. The van der Waals surface area contributed by atoms with Crippen LogP contribution in [0.25, 0.3) is 5.57 Å². The molecule has 0 amide bonds. The van der Waals surface area contributed by atoms with Crippen molar-refractivity contribution in [3.05, 3.63) is 35.7 Å². The predicted molar refractivity (Wildman–Crippen MR) is 52.7 cm³/mol. The molecule has 1 nitrogen and oxygen atoms in total. The average molecular weight is 234 g/mol. The highest BCUT2D eigenvalue weighted by atomic mass is 19.4. The number of hydrogen-bond donors (Lipinski definition) is 0. The van der Waals surface area contributed by atoms with Gasteiger partial charge in [0.2, 0.25) is 0 Å². The number of ether oxygens (including phenoxy) is 1. The first-order valence-electron chi connectivity index (χ1n) is 4.38. The Balaban J connectivity index is 3.57. The van der Waals surface area contributed by atoms with Crippen LogP contribution in [0.3, 0.4) is 0 Å². The third-order valence-electron chi connectivity index (χ3n) is 2.02. The second kappa shape index (κ2) is 4.15. The van der Waals surface area contributed by atoms with Crippen LogP contribution in [-0.2, 0) is 6.18 Å². The van der Waals surface area contributed by atoms with E-state index in [0.29, 0.717) is 6.07 Å². The first kappa shape index (κ1) is 12.5. The molecule has 0 aliphatic rings. The van der Waals surface area contributed by atoms with Gasteiger partial charge in [0, 0.05) is 11.6 Å². The van der Waals surface area contributed by atoms with Gasteiger partial charge in [-0.05, 0) is 18.6 Å². The van der Waals surface area contributed by atoms with Crippen molar-refractivity contribution in [1.82, 2.24) is 0 Å². The molecule has 0 bridgehead atoms. The summed E-state index contributed by atoms with van der Waals surface area (Å²) in [5.41, 5.74) is -1.11. The monoisotopic (exact) mass is 234 g/mol. The molecular formula is C11H10F4O. The van der Waals surface area contributed by atoms with E-state index in [1.165, 1.54) is 14.0 Å². The number of allylic oxidation sites excluding steroid dienone is 1. The third kappa shape index (κ3) is 2.35. The highest BCUT2D eigenvalue weighted by Crippen LogP contribution is 2.39. The highest BCUT2D eigenvalue weighted by molar-refractivity contribution is 5.70. The summed E-state index contributed by atoms with van der Waals surface area (Å²) in [6, 6.07) is 1.34. The van der Waals surface area contributed by atoms with E-state index in [-0.39, 0.29) is 16.9 Å². The van der Waals surface area contributed by atoms with Gasteiger partial charge in [0.05, 0.1) is 12.7 Å². The van der Waals surface area contributed by atoms with Gasteiger partial charge < -0.3 is 4.74 Å². The van der Waals surface area contributed by atoms with E-state index in [9.17, 15) is 17.6 Å². The van der Waals surface area contributed by atoms with E-state index in [0.717, 1.165) is 6.07 Å². The Labute approximate surface area is 90.3 Å². The van der Waals surface area contributed by atoms with Crippen LogP contribution in [0.2, 0.25) is 0 Å². The summed E-state index contributed by atoms with van der Waals surface area (Å²) in [6.45, 7) is 4.84. The number of benzene rings is 1. The van der Waals surface area contributed by atoms with E-state index in [4.69, 9.17) is 4.74 Å². The number of hydrogen-bond acceptors (Lipinski definition) is 1. The fourth-order valence-corrected chi connectivity index (χ4v) is 1.41. The molecule has 1 rings (SSSR count). The summed E-state index contributed by atoms with van der Waals surface area (Å²) in [4.78, 5) is 0. The molecule has 88 valence electrons. The zero-order chi connectivity index (χ0) is 12.5. The molecule has 0 unspecified atom stereocenters. The van der Waals surface area contributed by atoms with E-state index in [1.54, 1.807) is 0 Å². The van der Waals surface area contributed by atoms with Crippen LogP contribution in [0.4, 0.5) is 17.6 Å². The maximum atomic E-state index is 13.0. The fourth-order valence-electron chi connectivity index (χ4n) is 1.41. The van der Waals surface area contributed by atoms with E-state index < -0.39 is 17.6 Å². The quantitative estimate of drug-likeness (QED) is 0.705. The summed E-state index contributed by atoms with van der Waals surface area (Å²) in [5.74, 6) is -1.16. The van der Waals surface area contributed by atoms with Gasteiger partial charge in [-0.15, -0.1) is 0 Å². The lowest BCUT2D eigenvalue weighted by atomic mass is 10.00. The second-order valence-corrected chi connectivity index (χ2v) is 3.31. The van der Waals surface area contributed by atoms with Crippen molar-refractivity contribution in [3.8, 4) is 5.75 Å². The van der Waals surface area contributed by atoms with Gasteiger partial charge in [-0.1, -0.05) is 6.58 Å². The lowest BCUT2D eigenvalue weighted by Crippen LogP contribution is -2.10. The number of rotatable bonds is 2. The predicted octanol–water partition coefficient (Wildman–Crippen LogP) is 3.89. The molecule has 0 fully saturated rings. The molecule has 0 N–H and O–H groups in total. The third-order valence-corrected chi connectivity index (χ3v) is 2.02. The molecule has 0 heterocycles. The van der Waals surface area contributed by atoms with Crippen LogP contribution in [-0.4, -0.2) is 7.11 Å². The molecular weight excluding hydrogens is 224 g/mol. The minimum atomic E-state index is -4.64. The van der Waals surface area contributed by atoms with Crippen molar-refractivity contribution in [2.75, 3.05) is 7.11 Å². The Morgan fingerprint density at radius 1 is 1.31 bits per heavy atom. The van der Waals surface area contributed by atoms with E-state index in [2.05, 4.69) is 6.58 Å². The zero-order valence-corrected chi connectivity index (χ0v) is 8.78. The molecule has 0 spiro atoms. The minimum absolute atomic E-state index is 0.167. The van der Waals surface area contributed by atoms with Crippen molar-refractivity contribution in [2.45, 2.75) is 13.1 Å². The first-order chi connectivity index (χ1) is 7.27. The second-order valence-electron chi connectivity index (χ2n) is 3.31. The van der Waals surface area contributed by atoms with Crippen molar-refractivity contribution in [1.29, 1.82) is 0 Å². The Kier molecular flexibility index (Phi) is 3.26. The van der Waals surface area contributed by atoms with Crippen LogP contribution < -0.4 is 4.74 Å². The van der Waals surface area contributed by atoms with Gasteiger partial charge in [0.1, 0.15) is 11.6 Å². The van der Waals surface area contributed by atoms with E-state index >= 15 is 0 Å². The largest absolute Gasteiger partial charge is 0.496 e. The molecule has 0 aromatic heterocycles. The molecule has 0 saturated heterocycles. The molecule has 1 aromatic rings. The van der Waals surface area contributed by atoms with Gasteiger partial charge in [0.15, 0.2) is 0 Å². The SMILES string of the molecule is C=C(C)c1c(OC)cc(F)cc1C(F)(F)F. The molecule has 0 radical (unpaired) electrons. The van der Waals surface area contributed by atoms with Crippen molar-refractivity contribution < 1.29 is 22.3 Å². The van der Waals surface area contributed by atoms with Crippen LogP contribution >= 0.6 is 0 Å². The maximum Gasteiger partial charge on any atom is 0.417 e. The van der Waals surface area contributed by atoms with Crippen molar-refractivity contribution >= 4 is 5.57 Å². The van der Waals surface area contributed by atoms with E-state index in [1.807, 2.05) is 0 Å². The first-order valence-corrected chi connectivity index (χ1v) is 4.38. The zero-order valence-electron chi connectivity index (χ0n) is 8.78. The van der Waals surface area contributed by atoms with Gasteiger partial charge in [-0.2, -0.15) is 13.2 Å².